The highest BCUT2D eigenvalue weighted by Gasteiger charge is 2.12. The predicted molar refractivity (Wildman–Crippen MR) is 129 cm³/mol. The van der Waals surface area contributed by atoms with Crippen LogP contribution in [0.3, 0.4) is 0 Å². The summed E-state index contributed by atoms with van der Waals surface area (Å²) in [5.41, 5.74) is 5.26. The molecule has 4 heteroatoms. The van der Waals surface area contributed by atoms with Gasteiger partial charge in [0.05, 0.1) is 0 Å². The summed E-state index contributed by atoms with van der Waals surface area (Å²) in [5.74, 6) is -0.0963. The van der Waals surface area contributed by atoms with Crippen LogP contribution in [0.25, 0.3) is 0 Å². The molecule has 1 aromatic rings. The Bertz CT molecular complexity index is 833. The first-order valence-electron chi connectivity index (χ1n) is 10.9. The van der Waals surface area contributed by atoms with Gasteiger partial charge in [0.15, 0.2) is 0 Å². The van der Waals surface area contributed by atoms with E-state index < -0.39 is 5.97 Å². The second-order valence-corrected chi connectivity index (χ2v) is 8.33. The molecule has 0 bridgehead atoms. The lowest BCUT2D eigenvalue weighted by Crippen LogP contribution is -2.04. The SMILES string of the molecule is CC(C)=CCCC(C)=CCOc1ccc(C(=O)O)c(OCC=C(C)CCC=C(C)C)c1. The van der Waals surface area contributed by atoms with Crippen LogP contribution >= 0.6 is 0 Å². The maximum atomic E-state index is 11.5. The lowest BCUT2D eigenvalue weighted by Gasteiger charge is -2.11. The highest BCUT2D eigenvalue weighted by molar-refractivity contribution is 5.91. The predicted octanol–water partition coefficient (Wildman–Crippen LogP) is 7.53. The molecule has 1 N–H and O–H groups in total. The Kier molecular flexibility index (Phi) is 12.1. The fourth-order valence-electron chi connectivity index (χ4n) is 2.82. The molecule has 0 saturated carbocycles. The van der Waals surface area contributed by atoms with Gasteiger partial charge >= 0.3 is 5.97 Å². The van der Waals surface area contributed by atoms with Crippen molar-refractivity contribution in [3.63, 3.8) is 0 Å². The van der Waals surface area contributed by atoms with Crippen LogP contribution in [0.15, 0.2) is 64.8 Å². The van der Waals surface area contributed by atoms with Gasteiger partial charge in [-0.25, -0.2) is 4.79 Å². The van der Waals surface area contributed by atoms with Gasteiger partial charge in [-0.2, -0.15) is 0 Å². The van der Waals surface area contributed by atoms with E-state index in [0.717, 1.165) is 25.7 Å². The summed E-state index contributed by atoms with van der Waals surface area (Å²) in [6.45, 7) is 13.3. The molecule has 0 fully saturated rings. The zero-order valence-corrected chi connectivity index (χ0v) is 20.0. The monoisotopic (exact) mass is 426 g/mol. The van der Waals surface area contributed by atoms with Crippen molar-refractivity contribution in [1.29, 1.82) is 0 Å². The highest BCUT2D eigenvalue weighted by Crippen LogP contribution is 2.25. The van der Waals surface area contributed by atoms with Crippen LogP contribution in [0.1, 0.15) is 77.6 Å². The number of aromatic carboxylic acids is 1. The maximum absolute atomic E-state index is 11.5. The Morgan fingerprint density at radius 1 is 0.806 bits per heavy atom. The molecule has 4 nitrogen and oxygen atoms in total. The molecule has 1 rings (SSSR count). The number of benzene rings is 1. The zero-order chi connectivity index (χ0) is 23.2. The Morgan fingerprint density at radius 2 is 1.32 bits per heavy atom. The summed E-state index contributed by atoms with van der Waals surface area (Å²) in [6.07, 6.45) is 12.5. The first kappa shape index (κ1) is 26.3. The average molecular weight is 427 g/mol. The largest absolute Gasteiger partial charge is 0.489 e. The molecule has 0 aliphatic carbocycles. The van der Waals surface area contributed by atoms with E-state index in [9.17, 15) is 9.90 Å². The van der Waals surface area contributed by atoms with Gasteiger partial charge < -0.3 is 14.6 Å². The van der Waals surface area contributed by atoms with E-state index in [1.807, 2.05) is 6.08 Å². The van der Waals surface area contributed by atoms with Crippen molar-refractivity contribution in [2.24, 2.45) is 0 Å². The first-order chi connectivity index (χ1) is 14.7. The Balaban J connectivity index is 2.69. The normalized spacial score (nSPS) is 11.7. The number of carbonyl (C=O) groups is 1. The molecule has 0 saturated heterocycles. The third kappa shape index (κ3) is 11.9. The molecule has 1 aromatic carbocycles. The van der Waals surface area contributed by atoms with Gasteiger partial charge in [-0.1, -0.05) is 34.4 Å². The maximum Gasteiger partial charge on any atom is 0.339 e. The Labute approximate surface area is 188 Å². The van der Waals surface area contributed by atoms with Gasteiger partial charge in [0.25, 0.3) is 0 Å². The van der Waals surface area contributed by atoms with Gasteiger partial charge in [0.1, 0.15) is 30.3 Å². The van der Waals surface area contributed by atoms with Crippen molar-refractivity contribution in [2.75, 3.05) is 13.2 Å². The molecule has 0 atom stereocenters. The number of allylic oxidation sites excluding steroid dienone is 6. The van der Waals surface area contributed by atoms with Gasteiger partial charge in [-0.05, 0) is 91.5 Å². The lowest BCUT2D eigenvalue weighted by atomic mass is 10.1. The van der Waals surface area contributed by atoms with Crippen molar-refractivity contribution >= 4 is 5.97 Å². The molecule has 0 amide bonds. The first-order valence-corrected chi connectivity index (χ1v) is 10.9. The van der Waals surface area contributed by atoms with Crippen molar-refractivity contribution in [1.82, 2.24) is 0 Å². The lowest BCUT2D eigenvalue weighted by molar-refractivity contribution is 0.0692. The highest BCUT2D eigenvalue weighted by atomic mass is 16.5. The molecule has 0 aliphatic heterocycles. The van der Waals surface area contributed by atoms with Gasteiger partial charge in [-0.3, -0.25) is 0 Å². The second kappa shape index (κ2) is 14.3. The average Bonchev–Trinajstić information content (AvgIpc) is 2.67. The van der Waals surface area contributed by atoms with E-state index in [1.165, 1.54) is 28.4 Å². The third-order valence-corrected chi connectivity index (χ3v) is 4.72. The number of hydrogen-bond donors (Lipinski definition) is 1. The van der Waals surface area contributed by atoms with E-state index in [4.69, 9.17) is 9.47 Å². The zero-order valence-electron chi connectivity index (χ0n) is 20.0. The Hall–Kier alpha value is -2.75. The molecular formula is C27H38O4. The van der Waals surface area contributed by atoms with Gasteiger partial charge in [0.2, 0.25) is 0 Å². The van der Waals surface area contributed by atoms with Crippen LogP contribution in [-0.4, -0.2) is 24.3 Å². The van der Waals surface area contributed by atoms with Crippen molar-refractivity contribution in [2.45, 2.75) is 67.2 Å². The minimum absolute atomic E-state index is 0.136. The number of hydrogen-bond acceptors (Lipinski definition) is 3. The summed E-state index contributed by atoms with van der Waals surface area (Å²) < 4.78 is 11.6. The molecule has 0 aliphatic rings. The Morgan fingerprint density at radius 3 is 1.81 bits per heavy atom. The second-order valence-electron chi connectivity index (χ2n) is 8.33. The fourth-order valence-corrected chi connectivity index (χ4v) is 2.82. The molecule has 31 heavy (non-hydrogen) atoms. The van der Waals surface area contributed by atoms with Crippen LogP contribution < -0.4 is 9.47 Å². The fraction of sp³-hybridized carbons (Fsp3) is 0.444. The van der Waals surface area contributed by atoms with E-state index in [-0.39, 0.29) is 5.56 Å². The molecule has 0 aromatic heterocycles. The van der Waals surface area contributed by atoms with Crippen molar-refractivity contribution in [3.8, 4) is 11.5 Å². The number of carboxylic acid groups (broad SMARTS) is 1. The molecule has 0 unspecified atom stereocenters. The van der Waals surface area contributed by atoms with Gasteiger partial charge in [0, 0.05) is 6.07 Å². The third-order valence-electron chi connectivity index (χ3n) is 4.72. The molecular weight excluding hydrogens is 388 g/mol. The van der Waals surface area contributed by atoms with Crippen LogP contribution in [0.2, 0.25) is 0 Å². The molecule has 170 valence electrons. The number of ether oxygens (including phenoxy) is 2. The summed E-state index contributed by atoms with van der Waals surface area (Å²) in [7, 11) is 0. The summed E-state index contributed by atoms with van der Waals surface area (Å²) >= 11 is 0. The summed E-state index contributed by atoms with van der Waals surface area (Å²) in [5, 5.41) is 9.45. The van der Waals surface area contributed by atoms with Crippen LogP contribution in [0.4, 0.5) is 0 Å². The van der Waals surface area contributed by atoms with Crippen molar-refractivity contribution < 1.29 is 19.4 Å². The summed E-state index contributed by atoms with van der Waals surface area (Å²) in [4.78, 5) is 11.5. The van der Waals surface area contributed by atoms with Gasteiger partial charge in [-0.15, -0.1) is 0 Å². The van der Waals surface area contributed by atoms with E-state index in [0.29, 0.717) is 24.7 Å². The number of rotatable bonds is 13. The smallest absolute Gasteiger partial charge is 0.339 e. The van der Waals surface area contributed by atoms with Crippen molar-refractivity contribution in [3.05, 3.63) is 70.4 Å². The molecule has 0 radical (unpaired) electrons. The van der Waals surface area contributed by atoms with Crippen LogP contribution in [0.5, 0.6) is 11.5 Å². The standard InChI is InChI=1S/C27H38O4/c1-20(2)9-7-11-22(5)15-17-30-24-13-14-25(27(28)29)26(19-24)31-18-16-23(6)12-8-10-21(3)4/h9-10,13-16,19H,7-8,11-12,17-18H2,1-6H3,(H,28,29). The van der Waals surface area contributed by atoms with E-state index >= 15 is 0 Å². The van der Waals surface area contributed by atoms with Crippen LogP contribution in [-0.2, 0) is 0 Å². The number of carboxylic acids is 1. The summed E-state index contributed by atoms with van der Waals surface area (Å²) in [6, 6.07) is 4.86. The topological polar surface area (TPSA) is 55.8 Å². The van der Waals surface area contributed by atoms with Crippen LogP contribution in [0, 0.1) is 0 Å². The molecule has 0 spiro atoms. The minimum Gasteiger partial charge on any atom is -0.489 e. The minimum atomic E-state index is -1.01. The van der Waals surface area contributed by atoms with E-state index in [1.54, 1.807) is 12.1 Å². The molecule has 0 heterocycles. The van der Waals surface area contributed by atoms with E-state index in [2.05, 4.69) is 59.8 Å². The quantitative estimate of drug-likeness (QED) is 0.331.